The van der Waals surface area contributed by atoms with E-state index < -0.39 is 5.63 Å². The number of aromatic nitrogens is 3. The first-order chi connectivity index (χ1) is 9.63. The number of thioether (sulfide) groups is 1. The number of nitrogens with zero attached hydrogens (tertiary/aromatic N) is 3. The number of benzene rings is 1. The summed E-state index contributed by atoms with van der Waals surface area (Å²) < 4.78 is 6.90. The average molecular weight is 289 g/mol. The van der Waals surface area contributed by atoms with Gasteiger partial charge in [-0.25, -0.2) is 4.79 Å². The van der Waals surface area contributed by atoms with Crippen molar-refractivity contribution in [3.05, 3.63) is 46.6 Å². The molecule has 0 aliphatic heterocycles. The standard InChI is InChI=1S/C13H11N3O3S/c1-16-7-14-15-13(16)20-6-8-4-12(18)19-11-5-9(17)2-3-10(8)11/h2-5,7,17H,6H2,1H3. The van der Waals surface area contributed by atoms with Crippen LogP contribution in [0.5, 0.6) is 5.75 Å². The number of hydrogen-bond donors (Lipinski definition) is 1. The summed E-state index contributed by atoms with van der Waals surface area (Å²) in [7, 11) is 1.86. The summed E-state index contributed by atoms with van der Waals surface area (Å²) in [6.07, 6.45) is 1.62. The lowest BCUT2D eigenvalue weighted by atomic mass is 10.1. The highest BCUT2D eigenvalue weighted by Gasteiger charge is 2.09. The van der Waals surface area contributed by atoms with Gasteiger partial charge in [0.15, 0.2) is 5.16 Å². The third-order valence-electron chi connectivity index (χ3n) is 2.84. The lowest BCUT2D eigenvalue weighted by Gasteiger charge is -2.05. The second kappa shape index (κ2) is 5.01. The fraction of sp³-hybridized carbons (Fsp3) is 0.154. The van der Waals surface area contributed by atoms with Crippen LogP contribution < -0.4 is 5.63 Å². The molecule has 0 saturated carbocycles. The first kappa shape index (κ1) is 12.7. The second-order valence-corrected chi connectivity index (χ2v) is 5.23. The minimum Gasteiger partial charge on any atom is -0.508 e. The summed E-state index contributed by atoms with van der Waals surface area (Å²) in [5.41, 5.74) is 0.784. The lowest BCUT2D eigenvalue weighted by molar-refractivity contribution is 0.473. The molecule has 0 spiro atoms. The molecule has 0 radical (unpaired) electrons. The van der Waals surface area contributed by atoms with E-state index in [1.807, 2.05) is 11.6 Å². The van der Waals surface area contributed by atoms with E-state index >= 15 is 0 Å². The first-order valence-corrected chi connectivity index (χ1v) is 6.84. The van der Waals surface area contributed by atoms with Crippen molar-refractivity contribution >= 4 is 22.7 Å². The van der Waals surface area contributed by atoms with Crippen molar-refractivity contribution < 1.29 is 9.52 Å². The van der Waals surface area contributed by atoms with Crippen molar-refractivity contribution in [1.29, 1.82) is 0 Å². The Labute approximate surface area is 118 Å². The Bertz CT molecular complexity index is 825. The van der Waals surface area contributed by atoms with Crippen molar-refractivity contribution in [2.75, 3.05) is 0 Å². The van der Waals surface area contributed by atoms with E-state index in [9.17, 15) is 9.90 Å². The summed E-state index contributed by atoms with van der Waals surface area (Å²) in [6.45, 7) is 0. The van der Waals surface area contributed by atoms with Gasteiger partial charge in [-0.05, 0) is 17.7 Å². The van der Waals surface area contributed by atoms with Gasteiger partial charge in [0, 0.05) is 30.3 Å². The minimum absolute atomic E-state index is 0.0683. The summed E-state index contributed by atoms with van der Waals surface area (Å²) in [6, 6.07) is 6.20. The molecule has 0 amide bonds. The predicted molar refractivity (Wildman–Crippen MR) is 74.7 cm³/mol. The van der Waals surface area contributed by atoms with Crippen LogP contribution in [-0.4, -0.2) is 19.9 Å². The van der Waals surface area contributed by atoms with Crippen molar-refractivity contribution in [3.8, 4) is 5.75 Å². The van der Waals surface area contributed by atoms with E-state index in [4.69, 9.17) is 4.42 Å². The molecule has 0 saturated heterocycles. The van der Waals surface area contributed by atoms with Crippen LogP contribution in [0, 0.1) is 0 Å². The quantitative estimate of drug-likeness (QED) is 0.586. The molecule has 0 unspecified atom stereocenters. The van der Waals surface area contributed by atoms with Gasteiger partial charge in [0.2, 0.25) is 0 Å². The van der Waals surface area contributed by atoms with Gasteiger partial charge in [0.05, 0.1) is 0 Å². The lowest BCUT2D eigenvalue weighted by Crippen LogP contribution is -2.00. The van der Waals surface area contributed by atoms with Crippen LogP contribution in [0.2, 0.25) is 0 Å². The van der Waals surface area contributed by atoms with Gasteiger partial charge in [-0.15, -0.1) is 10.2 Å². The van der Waals surface area contributed by atoms with Crippen LogP contribution in [0.4, 0.5) is 0 Å². The number of hydrogen-bond acceptors (Lipinski definition) is 6. The molecule has 0 aliphatic carbocycles. The number of rotatable bonds is 3. The highest BCUT2D eigenvalue weighted by Crippen LogP contribution is 2.26. The Morgan fingerprint density at radius 2 is 2.25 bits per heavy atom. The van der Waals surface area contributed by atoms with Crippen LogP contribution in [0.1, 0.15) is 5.56 Å². The normalized spacial score (nSPS) is 11.1. The molecular weight excluding hydrogens is 278 g/mol. The molecule has 102 valence electrons. The molecule has 2 aromatic heterocycles. The Kier molecular flexibility index (Phi) is 3.19. The molecule has 2 heterocycles. The van der Waals surface area contributed by atoms with Crippen LogP contribution in [0.15, 0.2) is 45.0 Å². The van der Waals surface area contributed by atoms with Gasteiger partial charge >= 0.3 is 5.63 Å². The maximum absolute atomic E-state index is 11.6. The van der Waals surface area contributed by atoms with E-state index in [1.54, 1.807) is 18.5 Å². The Balaban J connectivity index is 1.98. The summed E-state index contributed by atoms with van der Waals surface area (Å²) in [5.74, 6) is 0.637. The van der Waals surface area contributed by atoms with E-state index in [1.165, 1.54) is 23.9 Å². The molecule has 0 fully saturated rings. The summed E-state index contributed by atoms with van der Waals surface area (Å²) in [5, 5.41) is 18.8. The van der Waals surface area contributed by atoms with Gasteiger partial charge in [-0.2, -0.15) is 0 Å². The molecule has 20 heavy (non-hydrogen) atoms. The summed E-state index contributed by atoms with van der Waals surface area (Å²) >= 11 is 1.48. The smallest absolute Gasteiger partial charge is 0.336 e. The third kappa shape index (κ3) is 2.39. The number of phenols is 1. The fourth-order valence-corrected chi connectivity index (χ4v) is 2.76. The minimum atomic E-state index is -0.434. The predicted octanol–water partition coefficient (Wildman–Crippen LogP) is 1.92. The highest BCUT2D eigenvalue weighted by molar-refractivity contribution is 7.98. The zero-order valence-corrected chi connectivity index (χ0v) is 11.4. The molecular formula is C13H11N3O3S. The van der Waals surface area contributed by atoms with E-state index in [-0.39, 0.29) is 5.75 Å². The van der Waals surface area contributed by atoms with Gasteiger partial charge in [0.25, 0.3) is 0 Å². The second-order valence-electron chi connectivity index (χ2n) is 4.28. The van der Waals surface area contributed by atoms with E-state index in [0.29, 0.717) is 11.3 Å². The van der Waals surface area contributed by atoms with Crippen LogP contribution in [0.25, 0.3) is 11.0 Å². The number of fused-ring (bicyclic) bond motifs is 1. The zero-order valence-electron chi connectivity index (χ0n) is 10.6. The van der Waals surface area contributed by atoms with Crippen molar-refractivity contribution in [1.82, 2.24) is 14.8 Å². The monoisotopic (exact) mass is 289 g/mol. The maximum Gasteiger partial charge on any atom is 0.336 e. The average Bonchev–Trinajstić information content (AvgIpc) is 2.80. The van der Waals surface area contributed by atoms with E-state index in [0.717, 1.165) is 16.1 Å². The molecule has 0 atom stereocenters. The van der Waals surface area contributed by atoms with Gasteiger partial charge in [-0.3, -0.25) is 0 Å². The largest absolute Gasteiger partial charge is 0.508 e. The van der Waals surface area contributed by atoms with Crippen LogP contribution in [-0.2, 0) is 12.8 Å². The molecule has 6 nitrogen and oxygen atoms in total. The number of aryl methyl sites for hydroxylation is 1. The zero-order chi connectivity index (χ0) is 14.1. The molecule has 0 bridgehead atoms. The molecule has 3 aromatic rings. The Morgan fingerprint density at radius 3 is 3.00 bits per heavy atom. The highest BCUT2D eigenvalue weighted by atomic mass is 32.2. The first-order valence-electron chi connectivity index (χ1n) is 5.86. The molecule has 3 rings (SSSR count). The summed E-state index contributed by atoms with van der Waals surface area (Å²) in [4.78, 5) is 11.6. The molecule has 1 aromatic carbocycles. The van der Waals surface area contributed by atoms with Crippen LogP contribution in [0.3, 0.4) is 0 Å². The van der Waals surface area contributed by atoms with Crippen LogP contribution >= 0.6 is 11.8 Å². The Morgan fingerprint density at radius 1 is 1.40 bits per heavy atom. The van der Waals surface area contributed by atoms with Crippen molar-refractivity contribution in [3.63, 3.8) is 0 Å². The SMILES string of the molecule is Cn1cnnc1SCc1cc(=O)oc2cc(O)ccc12. The van der Waals surface area contributed by atoms with E-state index in [2.05, 4.69) is 10.2 Å². The topological polar surface area (TPSA) is 81.2 Å². The fourth-order valence-electron chi connectivity index (χ4n) is 1.88. The maximum atomic E-state index is 11.6. The van der Waals surface area contributed by atoms with Gasteiger partial charge in [-0.1, -0.05) is 11.8 Å². The molecule has 0 aliphatic rings. The molecule has 7 heteroatoms. The number of phenolic OH excluding ortho intramolecular Hbond substituents is 1. The number of aromatic hydroxyl groups is 1. The van der Waals surface area contributed by atoms with Crippen molar-refractivity contribution in [2.45, 2.75) is 10.9 Å². The molecule has 1 N–H and O–H groups in total. The third-order valence-corrected chi connectivity index (χ3v) is 3.92. The van der Waals surface area contributed by atoms with Gasteiger partial charge in [0.1, 0.15) is 17.7 Å². The van der Waals surface area contributed by atoms with Gasteiger partial charge < -0.3 is 14.1 Å². The van der Waals surface area contributed by atoms with Crippen molar-refractivity contribution in [2.24, 2.45) is 7.05 Å². The Hall–Kier alpha value is -2.28.